The number of ether oxygens (including phenoxy) is 1. The van der Waals surface area contributed by atoms with Crippen molar-refractivity contribution in [3.05, 3.63) is 72.4 Å². The van der Waals surface area contributed by atoms with E-state index >= 15 is 0 Å². The molecule has 1 aliphatic rings. The summed E-state index contributed by atoms with van der Waals surface area (Å²) in [4.78, 5) is 19.3. The molecule has 6 heteroatoms. The number of anilines is 4. The van der Waals surface area contributed by atoms with Crippen molar-refractivity contribution in [2.24, 2.45) is 0 Å². The van der Waals surface area contributed by atoms with Gasteiger partial charge in [-0.15, -0.1) is 0 Å². The van der Waals surface area contributed by atoms with Gasteiger partial charge in [0.15, 0.2) is 0 Å². The van der Waals surface area contributed by atoms with E-state index in [0.717, 1.165) is 24.5 Å². The third kappa shape index (κ3) is 4.66. The fourth-order valence-corrected chi connectivity index (χ4v) is 3.40. The highest BCUT2D eigenvalue weighted by molar-refractivity contribution is 6.04. The Bertz CT molecular complexity index is 965. The van der Waals surface area contributed by atoms with E-state index in [-0.39, 0.29) is 5.91 Å². The second-order valence-corrected chi connectivity index (χ2v) is 6.98. The number of pyridine rings is 1. The number of carbonyl (C=O) groups excluding carboxylic acids is 1. The molecular formula is C23H24N4O2. The quantitative estimate of drug-likeness (QED) is 0.641. The molecule has 2 N–H and O–H groups in total. The number of aromatic nitrogens is 1. The highest BCUT2D eigenvalue weighted by atomic mass is 16.5. The molecule has 4 rings (SSSR count). The van der Waals surface area contributed by atoms with Crippen molar-refractivity contribution in [2.45, 2.75) is 12.8 Å². The summed E-state index contributed by atoms with van der Waals surface area (Å²) >= 11 is 0. The molecule has 0 unspecified atom stereocenters. The van der Waals surface area contributed by atoms with Gasteiger partial charge in [0.2, 0.25) is 0 Å². The topological polar surface area (TPSA) is 66.5 Å². The molecule has 29 heavy (non-hydrogen) atoms. The molecule has 0 bridgehead atoms. The lowest BCUT2D eigenvalue weighted by Gasteiger charge is -2.18. The molecule has 3 aromatic rings. The first-order valence-electron chi connectivity index (χ1n) is 9.75. The van der Waals surface area contributed by atoms with Crippen molar-refractivity contribution < 1.29 is 9.53 Å². The van der Waals surface area contributed by atoms with Crippen molar-refractivity contribution in [2.75, 3.05) is 35.7 Å². The molecule has 1 amide bonds. The first-order chi connectivity index (χ1) is 14.2. The highest BCUT2D eigenvalue weighted by Crippen LogP contribution is 2.24. The molecule has 1 aliphatic heterocycles. The minimum Gasteiger partial charge on any atom is -0.497 e. The molecule has 0 spiro atoms. The summed E-state index contributed by atoms with van der Waals surface area (Å²) in [5, 5.41) is 6.15. The summed E-state index contributed by atoms with van der Waals surface area (Å²) in [5.74, 6) is 1.18. The van der Waals surface area contributed by atoms with Crippen LogP contribution in [0.1, 0.15) is 23.2 Å². The lowest BCUT2D eigenvalue weighted by Crippen LogP contribution is -2.17. The molecule has 0 atom stereocenters. The van der Waals surface area contributed by atoms with Crippen LogP contribution in [-0.4, -0.2) is 31.1 Å². The third-order valence-electron chi connectivity index (χ3n) is 4.98. The normalized spacial score (nSPS) is 13.2. The fraction of sp³-hybridized carbons (Fsp3) is 0.217. The number of amides is 1. The Hall–Kier alpha value is -3.54. The number of methoxy groups -OCH3 is 1. The van der Waals surface area contributed by atoms with Crippen molar-refractivity contribution in [1.29, 1.82) is 0 Å². The van der Waals surface area contributed by atoms with Crippen molar-refractivity contribution >= 4 is 28.8 Å². The molecule has 1 saturated heterocycles. The zero-order valence-electron chi connectivity index (χ0n) is 16.4. The van der Waals surface area contributed by atoms with Crippen LogP contribution >= 0.6 is 0 Å². The lowest BCUT2D eigenvalue weighted by molar-refractivity contribution is 0.102. The van der Waals surface area contributed by atoms with Gasteiger partial charge in [-0.05, 0) is 73.5 Å². The fourth-order valence-electron chi connectivity index (χ4n) is 3.40. The van der Waals surface area contributed by atoms with Gasteiger partial charge < -0.3 is 20.3 Å². The number of benzene rings is 2. The zero-order chi connectivity index (χ0) is 20.1. The number of hydrogen-bond donors (Lipinski definition) is 2. The minimum atomic E-state index is -0.190. The second kappa shape index (κ2) is 8.65. The van der Waals surface area contributed by atoms with Gasteiger partial charge in [0.1, 0.15) is 11.6 Å². The summed E-state index contributed by atoms with van der Waals surface area (Å²) in [7, 11) is 1.61. The maximum atomic E-state index is 12.6. The summed E-state index contributed by atoms with van der Waals surface area (Å²) in [5.41, 5.74) is 3.42. The third-order valence-corrected chi connectivity index (χ3v) is 4.98. The van der Waals surface area contributed by atoms with E-state index in [1.54, 1.807) is 49.7 Å². The minimum absolute atomic E-state index is 0.190. The van der Waals surface area contributed by atoms with Crippen LogP contribution in [0.5, 0.6) is 5.75 Å². The zero-order valence-corrected chi connectivity index (χ0v) is 16.4. The number of nitrogens with one attached hydrogen (secondary N) is 2. The molecule has 0 aliphatic carbocycles. The summed E-state index contributed by atoms with van der Waals surface area (Å²) in [6, 6.07) is 19.0. The lowest BCUT2D eigenvalue weighted by atomic mass is 10.2. The van der Waals surface area contributed by atoms with E-state index in [9.17, 15) is 4.79 Å². The van der Waals surface area contributed by atoms with Crippen molar-refractivity contribution in [1.82, 2.24) is 4.98 Å². The van der Waals surface area contributed by atoms with Gasteiger partial charge in [0.25, 0.3) is 5.91 Å². The Morgan fingerprint density at radius 2 is 1.66 bits per heavy atom. The van der Waals surface area contributed by atoms with Gasteiger partial charge in [-0.25, -0.2) is 4.98 Å². The van der Waals surface area contributed by atoms with Crippen LogP contribution in [0.4, 0.5) is 22.9 Å². The van der Waals surface area contributed by atoms with E-state index in [1.807, 2.05) is 12.1 Å². The van der Waals surface area contributed by atoms with Crippen LogP contribution in [0, 0.1) is 0 Å². The summed E-state index contributed by atoms with van der Waals surface area (Å²) in [6.07, 6.45) is 4.15. The van der Waals surface area contributed by atoms with Gasteiger partial charge in [-0.3, -0.25) is 4.79 Å². The Morgan fingerprint density at radius 3 is 2.34 bits per heavy atom. The molecule has 1 aromatic heterocycles. The van der Waals surface area contributed by atoms with Crippen LogP contribution < -0.4 is 20.3 Å². The molecule has 148 valence electrons. The van der Waals surface area contributed by atoms with E-state index in [0.29, 0.717) is 17.1 Å². The Morgan fingerprint density at radius 1 is 0.966 bits per heavy atom. The largest absolute Gasteiger partial charge is 0.497 e. The van der Waals surface area contributed by atoms with Gasteiger partial charge in [-0.1, -0.05) is 0 Å². The average Bonchev–Trinajstić information content (AvgIpc) is 3.30. The van der Waals surface area contributed by atoms with Crippen molar-refractivity contribution in [3.63, 3.8) is 0 Å². The Balaban J connectivity index is 1.41. The Labute approximate surface area is 170 Å². The molecule has 0 saturated carbocycles. The standard InChI is InChI=1S/C23H24N4O2/c1-29-21-10-6-19(7-11-21)26-23(28)17-12-13-24-22(16-17)25-18-4-8-20(9-5-18)27-14-2-3-15-27/h4-13,16H,2-3,14-15H2,1H3,(H,24,25)(H,26,28). The van der Waals surface area contributed by atoms with Crippen molar-refractivity contribution in [3.8, 4) is 5.75 Å². The van der Waals surface area contributed by atoms with E-state index in [2.05, 4.69) is 32.7 Å². The highest BCUT2D eigenvalue weighted by Gasteiger charge is 2.12. The summed E-state index contributed by atoms with van der Waals surface area (Å²) in [6.45, 7) is 2.25. The van der Waals surface area contributed by atoms with Crippen LogP contribution in [-0.2, 0) is 0 Å². The first kappa shape index (κ1) is 18.8. The molecular weight excluding hydrogens is 364 g/mol. The monoisotopic (exact) mass is 388 g/mol. The average molecular weight is 388 g/mol. The molecule has 0 radical (unpaired) electrons. The Kier molecular flexibility index (Phi) is 5.61. The summed E-state index contributed by atoms with van der Waals surface area (Å²) < 4.78 is 5.14. The van der Waals surface area contributed by atoms with Crippen LogP contribution in [0.15, 0.2) is 66.9 Å². The van der Waals surface area contributed by atoms with Gasteiger partial charge in [-0.2, -0.15) is 0 Å². The van der Waals surface area contributed by atoms with E-state index in [1.165, 1.54) is 18.5 Å². The number of carbonyl (C=O) groups is 1. The number of hydrogen-bond acceptors (Lipinski definition) is 5. The number of nitrogens with zero attached hydrogens (tertiary/aromatic N) is 2. The molecule has 1 fully saturated rings. The van der Waals surface area contributed by atoms with Gasteiger partial charge in [0, 0.05) is 41.9 Å². The SMILES string of the molecule is COc1ccc(NC(=O)c2ccnc(Nc3ccc(N4CCCC4)cc3)c2)cc1. The van der Waals surface area contributed by atoms with E-state index in [4.69, 9.17) is 4.74 Å². The molecule has 2 aromatic carbocycles. The van der Waals surface area contributed by atoms with Gasteiger partial charge >= 0.3 is 0 Å². The first-order valence-corrected chi connectivity index (χ1v) is 9.75. The maximum absolute atomic E-state index is 12.6. The predicted octanol–water partition coefficient (Wildman–Crippen LogP) is 4.69. The van der Waals surface area contributed by atoms with Crippen LogP contribution in [0.25, 0.3) is 0 Å². The van der Waals surface area contributed by atoms with Crippen LogP contribution in [0.2, 0.25) is 0 Å². The van der Waals surface area contributed by atoms with Crippen LogP contribution in [0.3, 0.4) is 0 Å². The number of rotatable bonds is 6. The molecule has 6 nitrogen and oxygen atoms in total. The molecule has 2 heterocycles. The van der Waals surface area contributed by atoms with Gasteiger partial charge in [0.05, 0.1) is 7.11 Å². The second-order valence-electron chi connectivity index (χ2n) is 6.98. The maximum Gasteiger partial charge on any atom is 0.255 e. The predicted molar refractivity (Wildman–Crippen MR) is 116 cm³/mol. The van der Waals surface area contributed by atoms with E-state index < -0.39 is 0 Å². The smallest absolute Gasteiger partial charge is 0.255 e.